The molecule has 176 valence electrons. The summed E-state index contributed by atoms with van der Waals surface area (Å²) < 4.78 is 30.3. The average molecular weight is 465 g/mol. The highest BCUT2D eigenvalue weighted by Crippen LogP contribution is 2.28. The number of aromatic nitrogens is 1. The highest BCUT2D eigenvalue weighted by atomic mass is 32.2. The maximum Gasteiger partial charge on any atom is 0.244 e. The molecule has 0 bridgehead atoms. The van der Waals surface area contributed by atoms with Crippen molar-refractivity contribution in [2.45, 2.75) is 63.5 Å². The normalized spacial score (nSPS) is 17.4. The standard InChI is InChI=1S/C22H32N4O5S/c1-32(29,30)25-15-24-18(14-16-8-3-2-4-9-16)21(28)23-13-7-11-19(27)22-26-17-10-5-6-12-20(17)31-22/h5-6,10,12,15-16,18-19,27H,2-4,7-9,11,13-14H2,1H3,(H,23,28)(H,24,25)/t18-,19?/m0/s1. The van der Waals surface area contributed by atoms with Crippen molar-refractivity contribution in [2.75, 3.05) is 12.8 Å². The van der Waals surface area contributed by atoms with E-state index in [1.165, 1.54) is 6.42 Å². The minimum Gasteiger partial charge on any atom is -0.438 e. The van der Waals surface area contributed by atoms with E-state index in [1.54, 1.807) is 6.07 Å². The Labute approximate surface area is 188 Å². The second-order valence-electron chi connectivity index (χ2n) is 8.39. The Hall–Kier alpha value is -2.46. The first-order valence-corrected chi connectivity index (χ1v) is 13.0. The fourth-order valence-corrected chi connectivity index (χ4v) is 4.22. The van der Waals surface area contributed by atoms with Gasteiger partial charge in [-0.05, 0) is 37.3 Å². The van der Waals surface area contributed by atoms with E-state index in [1.807, 2.05) is 18.2 Å². The van der Waals surface area contributed by atoms with E-state index in [0.717, 1.165) is 38.3 Å². The number of benzene rings is 1. The van der Waals surface area contributed by atoms with Crippen LogP contribution in [0.25, 0.3) is 11.1 Å². The summed E-state index contributed by atoms with van der Waals surface area (Å²) in [5, 5.41) is 13.2. The zero-order chi connectivity index (χ0) is 23.0. The lowest BCUT2D eigenvalue weighted by Crippen LogP contribution is -2.36. The van der Waals surface area contributed by atoms with E-state index < -0.39 is 22.2 Å². The van der Waals surface area contributed by atoms with Crippen LogP contribution in [0.15, 0.2) is 33.7 Å². The number of oxazole rings is 1. The molecular formula is C22H32N4O5S. The van der Waals surface area contributed by atoms with Crippen molar-refractivity contribution in [1.82, 2.24) is 15.0 Å². The molecule has 1 aliphatic carbocycles. The molecule has 3 rings (SSSR count). The maximum atomic E-state index is 12.7. The van der Waals surface area contributed by atoms with Crippen molar-refractivity contribution in [3.63, 3.8) is 0 Å². The number of hydrogen-bond acceptors (Lipinski definition) is 7. The highest BCUT2D eigenvalue weighted by molar-refractivity contribution is 7.89. The predicted molar refractivity (Wildman–Crippen MR) is 123 cm³/mol. The van der Waals surface area contributed by atoms with Gasteiger partial charge in [0.05, 0.1) is 12.6 Å². The summed E-state index contributed by atoms with van der Waals surface area (Å²) in [6.07, 6.45) is 8.45. The molecule has 1 aromatic heterocycles. The van der Waals surface area contributed by atoms with Crippen LogP contribution in [0.4, 0.5) is 0 Å². The lowest BCUT2D eigenvalue weighted by Gasteiger charge is -2.24. The number of nitrogens with zero attached hydrogens (tertiary/aromatic N) is 2. The maximum absolute atomic E-state index is 12.7. The number of hydrogen-bond donors (Lipinski definition) is 3. The average Bonchev–Trinajstić information content (AvgIpc) is 3.20. The molecule has 0 aliphatic heterocycles. The molecule has 0 radical (unpaired) electrons. The molecule has 32 heavy (non-hydrogen) atoms. The molecule has 10 heteroatoms. The summed E-state index contributed by atoms with van der Waals surface area (Å²) >= 11 is 0. The Kier molecular flexibility index (Phi) is 8.63. The lowest BCUT2D eigenvalue weighted by atomic mass is 9.85. The highest BCUT2D eigenvalue weighted by Gasteiger charge is 2.24. The minimum atomic E-state index is -3.42. The van der Waals surface area contributed by atoms with Crippen LogP contribution in [-0.2, 0) is 14.8 Å². The topological polar surface area (TPSA) is 134 Å². The number of carbonyl (C=O) groups is 1. The van der Waals surface area contributed by atoms with Gasteiger partial charge < -0.3 is 14.8 Å². The van der Waals surface area contributed by atoms with E-state index in [0.29, 0.717) is 42.8 Å². The van der Waals surface area contributed by atoms with E-state index in [-0.39, 0.29) is 11.8 Å². The van der Waals surface area contributed by atoms with Crippen LogP contribution < -0.4 is 10.0 Å². The number of aliphatic hydroxyl groups is 1. The molecule has 1 aliphatic rings. The number of sulfonamides is 1. The smallest absolute Gasteiger partial charge is 0.244 e. The number of aliphatic imine (C=N–C) groups is 1. The molecule has 1 amide bonds. The SMILES string of the molecule is CS(=O)(=O)NC=N[C@@H](CC1CCCCC1)C(=O)NCCCC(O)c1nc2ccccc2o1. The van der Waals surface area contributed by atoms with Crippen LogP contribution in [0, 0.1) is 5.92 Å². The molecule has 0 saturated heterocycles. The molecule has 9 nitrogen and oxygen atoms in total. The molecule has 2 atom stereocenters. The van der Waals surface area contributed by atoms with Crippen molar-refractivity contribution >= 4 is 33.4 Å². The fourth-order valence-electron chi connectivity index (χ4n) is 3.97. The summed E-state index contributed by atoms with van der Waals surface area (Å²) in [5.41, 5.74) is 1.32. The number of amides is 1. The van der Waals surface area contributed by atoms with Crippen LogP contribution in [0.2, 0.25) is 0 Å². The van der Waals surface area contributed by atoms with Gasteiger partial charge in [-0.25, -0.2) is 13.4 Å². The number of aliphatic hydroxyl groups excluding tert-OH is 1. The Balaban J connectivity index is 1.49. The minimum absolute atomic E-state index is 0.238. The van der Waals surface area contributed by atoms with Crippen LogP contribution >= 0.6 is 0 Å². The number of rotatable bonds is 11. The van der Waals surface area contributed by atoms with Gasteiger partial charge >= 0.3 is 0 Å². The largest absolute Gasteiger partial charge is 0.438 e. The van der Waals surface area contributed by atoms with Crippen LogP contribution in [-0.4, -0.2) is 49.6 Å². The van der Waals surface area contributed by atoms with Gasteiger partial charge in [-0.15, -0.1) is 0 Å². The van der Waals surface area contributed by atoms with Crippen molar-refractivity contribution in [3.8, 4) is 0 Å². The number of fused-ring (bicyclic) bond motifs is 1. The third-order valence-corrected chi connectivity index (χ3v) is 6.19. The van der Waals surface area contributed by atoms with Crippen molar-refractivity contribution in [2.24, 2.45) is 10.9 Å². The summed E-state index contributed by atoms with van der Waals surface area (Å²) in [6.45, 7) is 0.367. The molecule has 2 aromatic rings. The first kappa shape index (κ1) is 24.2. The van der Waals surface area contributed by atoms with Gasteiger partial charge in [-0.1, -0.05) is 44.2 Å². The summed E-state index contributed by atoms with van der Waals surface area (Å²) in [7, 11) is -3.42. The molecule has 1 heterocycles. The third kappa shape index (κ3) is 7.59. The van der Waals surface area contributed by atoms with Gasteiger partial charge in [0.2, 0.25) is 21.8 Å². The van der Waals surface area contributed by atoms with Crippen LogP contribution in [0.5, 0.6) is 0 Å². The van der Waals surface area contributed by atoms with Gasteiger partial charge in [0.15, 0.2) is 5.58 Å². The third-order valence-electron chi connectivity index (χ3n) is 5.65. The van der Waals surface area contributed by atoms with Crippen LogP contribution in [0.1, 0.15) is 63.4 Å². The Morgan fingerprint density at radius 3 is 2.78 bits per heavy atom. The van der Waals surface area contributed by atoms with Crippen LogP contribution in [0.3, 0.4) is 0 Å². The molecule has 3 N–H and O–H groups in total. The van der Waals surface area contributed by atoms with Gasteiger partial charge in [-0.3, -0.25) is 14.5 Å². The van der Waals surface area contributed by atoms with E-state index in [9.17, 15) is 18.3 Å². The molecule has 1 unspecified atom stereocenters. The van der Waals surface area contributed by atoms with Gasteiger partial charge in [-0.2, -0.15) is 0 Å². The zero-order valence-corrected chi connectivity index (χ0v) is 19.2. The zero-order valence-electron chi connectivity index (χ0n) is 18.4. The second-order valence-corrected chi connectivity index (χ2v) is 10.2. The van der Waals surface area contributed by atoms with Crippen molar-refractivity contribution in [3.05, 3.63) is 30.2 Å². The monoisotopic (exact) mass is 464 g/mol. The number of para-hydroxylation sites is 2. The summed E-state index contributed by atoms with van der Waals surface area (Å²) in [6, 6.07) is 6.67. The van der Waals surface area contributed by atoms with Gasteiger partial charge in [0, 0.05) is 6.54 Å². The number of nitrogens with one attached hydrogen (secondary N) is 2. The Bertz CT molecular complexity index is 981. The fraction of sp³-hybridized carbons (Fsp3) is 0.591. The summed E-state index contributed by atoms with van der Waals surface area (Å²) in [5.74, 6) is 0.443. The van der Waals surface area contributed by atoms with Gasteiger partial charge in [0.25, 0.3) is 0 Å². The van der Waals surface area contributed by atoms with Crippen molar-refractivity contribution in [1.29, 1.82) is 0 Å². The quantitative estimate of drug-likeness (QED) is 0.266. The molecular weight excluding hydrogens is 432 g/mol. The Morgan fingerprint density at radius 1 is 1.31 bits per heavy atom. The van der Waals surface area contributed by atoms with E-state index in [2.05, 4.69) is 20.0 Å². The summed E-state index contributed by atoms with van der Waals surface area (Å²) in [4.78, 5) is 21.2. The van der Waals surface area contributed by atoms with Gasteiger partial charge in [0.1, 0.15) is 17.7 Å². The molecule has 1 saturated carbocycles. The first-order valence-electron chi connectivity index (χ1n) is 11.1. The molecule has 0 spiro atoms. The molecule has 1 fully saturated rings. The lowest BCUT2D eigenvalue weighted by molar-refractivity contribution is -0.122. The second kappa shape index (κ2) is 11.4. The van der Waals surface area contributed by atoms with E-state index in [4.69, 9.17) is 4.42 Å². The molecule has 1 aromatic carbocycles. The Morgan fingerprint density at radius 2 is 2.06 bits per heavy atom. The first-order chi connectivity index (χ1) is 15.3. The van der Waals surface area contributed by atoms with Crippen molar-refractivity contribution < 1.29 is 22.7 Å². The number of carbonyl (C=O) groups excluding carboxylic acids is 1. The van der Waals surface area contributed by atoms with E-state index >= 15 is 0 Å². The predicted octanol–water partition coefficient (Wildman–Crippen LogP) is 2.67.